The van der Waals surface area contributed by atoms with E-state index in [1.54, 1.807) is 0 Å². The van der Waals surface area contributed by atoms with Gasteiger partial charge in [-0.25, -0.2) is 4.98 Å². The van der Waals surface area contributed by atoms with E-state index in [4.69, 9.17) is 0 Å². The Bertz CT molecular complexity index is 543. The maximum Gasteiger partial charge on any atom is 0.137 e. The van der Waals surface area contributed by atoms with Crippen molar-refractivity contribution >= 4 is 21.6 Å². The summed E-state index contributed by atoms with van der Waals surface area (Å²) in [6.07, 6.45) is 2.12. The molecule has 0 saturated carbocycles. The van der Waals surface area contributed by atoms with E-state index in [9.17, 15) is 0 Å². The van der Waals surface area contributed by atoms with E-state index in [1.807, 2.05) is 18.2 Å². The third-order valence-corrected chi connectivity index (χ3v) is 4.12. The normalized spacial score (nSPS) is 18.6. The van der Waals surface area contributed by atoms with Crippen LogP contribution in [-0.4, -0.2) is 52.4 Å². The maximum absolute atomic E-state index is 4.66. The van der Waals surface area contributed by atoms with Crippen molar-refractivity contribution in [1.82, 2.24) is 19.2 Å². The summed E-state index contributed by atoms with van der Waals surface area (Å²) in [4.78, 5) is 9.50. The van der Waals surface area contributed by atoms with E-state index >= 15 is 0 Å². The molecule has 0 aromatic carbocycles. The highest BCUT2D eigenvalue weighted by atomic mass is 79.9. The van der Waals surface area contributed by atoms with Gasteiger partial charge in [0.1, 0.15) is 5.65 Å². The van der Waals surface area contributed by atoms with Gasteiger partial charge >= 0.3 is 0 Å². The molecule has 1 aliphatic rings. The maximum atomic E-state index is 4.66. The number of fused-ring (bicyclic) bond motifs is 1. The number of aromatic nitrogens is 2. The minimum absolute atomic E-state index is 0.946. The van der Waals surface area contributed by atoms with Crippen LogP contribution >= 0.6 is 15.9 Å². The molecule has 0 unspecified atom stereocenters. The van der Waals surface area contributed by atoms with Crippen molar-refractivity contribution in [3.63, 3.8) is 0 Å². The second kappa shape index (κ2) is 4.99. The highest BCUT2D eigenvalue weighted by Gasteiger charge is 2.15. The topological polar surface area (TPSA) is 23.8 Å². The van der Waals surface area contributed by atoms with Gasteiger partial charge in [0, 0.05) is 38.9 Å². The molecule has 0 bridgehead atoms. The smallest absolute Gasteiger partial charge is 0.137 e. The van der Waals surface area contributed by atoms with Crippen LogP contribution in [0.15, 0.2) is 29.0 Å². The third-order valence-electron chi connectivity index (χ3n) is 3.47. The van der Waals surface area contributed by atoms with Crippen LogP contribution in [0.4, 0.5) is 0 Å². The predicted molar refractivity (Wildman–Crippen MR) is 75.7 cm³/mol. The Kier molecular flexibility index (Phi) is 3.37. The Morgan fingerprint density at radius 1 is 1.22 bits per heavy atom. The molecular weight excluding hydrogens is 292 g/mol. The van der Waals surface area contributed by atoms with Crippen molar-refractivity contribution < 1.29 is 0 Å². The van der Waals surface area contributed by atoms with Crippen molar-refractivity contribution in [2.45, 2.75) is 6.54 Å². The summed E-state index contributed by atoms with van der Waals surface area (Å²) in [6, 6.07) is 6.10. The highest BCUT2D eigenvalue weighted by molar-refractivity contribution is 9.10. The Labute approximate surface area is 115 Å². The molecule has 0 amide bonds. The molecule has 0 radical (unpaired) electrons. The fourth-order valence-electron chi connectivity index (χ4n) is 2.34. The fourth-order valence-corrected chi connectivity index (χ4v) is 2.78. The zero-order chi connectivity index (χ0) is 12.5. The van der Waals surface area contributed by atoms with Gasteiger partial charge in [-0.15, -0.1) is 0 Å². The quantitative estimate of drug-likeness (QED) is 0.791. The monoisotopic (exact) mass is 308 g/mol. The van der Waals surface area contributed by atoms with Gasteiger partial charge in [-0.2, -0.15) is 0 Å². The minimum Gasteiger partial charge on any atom is -0.304 e. The van der Waals surface area contributed by atoms with Gasteiger partial charge in [-0.1, -0.05) is 6.07 Å². The molecule has 0 spiro atoms. The van der Waals surface area contributed by atoms with Crippen molar-refractivity contribution in [1.29, 1.82) is 0 Å². The molecule has 1 aliphatic heterocycles. The first-order valence-electron chi connectivity index (χ1n) is 6.26. The number of rotatable bonds is 2. The first-order valence-corrected chi connectivity index (χ1v) is 7.05. The summed E-state index contributed by atoms with van der Waals surface area (Å²) < 4.78 is 3.14. The van der Waals surface area contributed by atoms with Crippen molar-refractivity contribution in [3.8, 4) is 0 Å². The summed E-state index contributed by atoms with van der Waals surface area (Å²) in [6.45, 7) is 5.51. The average Bonchev–Trinajstić information content (AvgIpc) is 2.76. The largest absolute Gasteiger partial charge is 0.304 e. The number of piperazine rings is 1. The average molecular weight is 309 g/mol. The first kappa shape index (κ1) is 12.1. The van der Waals surface area contributed by atoms with Crippen LogP contribution in [-0.2, 0) is 6.54 Å². The Balaban J connectivity index is 1.77. The zero-order valence-corrected chi connectivity index (χ0v) is 12.1. The van der Waals surface area contributed by atoms with Crippen LogP contribution in [0.3, 0.4) is 0 Å². The SMILES string of the molecule is CN1CCN(Cc2cn3c(Br)cccc3n2)CC1. The van der Waals surface area contributed by atoms with E-state index in [0.717, 1.165) is 48.7 Å². The van der Waals surface area contributed by atoms with E-state index < -0.39 is 0 Å². The molecule has 5 heteroatoms. The van der Waals surface area contributed by atoms with E-state index in [-0.39, 0.29) is 0 Å². The molecule has 4 nitrogen and oxygen atoms in total. The lowest BCUT2D eigenvalue weighted by Gasteiger charge is -2.31. The number of hydrogen-bond donors (Lipinski definition) is 0. The van der Waals surface area contributed by atoms with Gasteiger partial charge < -0.3 is 4.90 Å². The molecule has 1 fully saturated rings. The van der Waals surface area contributed by atoms with Gasteiger partial charge in [0.15, 0.2) is 0 Å². The van der Waals surface area contributed by atoms with E-state index in [2.05, 4.69) is 48.4 Å². The van der Waals surface area contributed by atoms with Gasteiger partial charge in [0.05, 0.1) is 10.3 Å². The van der Waals surface area contributed by atoms with Gasteiger partial charge in [-0.05, 0) is 35.1 Å². The van der Waals surface area contributed by atoms with Crippen molar-refractivity contribution in [3.05, 3.63) is 34.7 Å². The lowest BCUT2D eigenvalue weighted by Crippen LogP contribution is -2.43. The summed E-state index contributed by atoms with van der Waals surface area (Å²) >= 11 is 3.55. The minimum atomic E-state index is 0.946. The van der Waals surface area contributed by atoms with Crippen LogP contribution in [0.25, 0.3) is 5.65 Å². The van der Waals surface area contributed by atoms with Crippen LogP contribution in [0.2, 0.25) is 0 Å². The summed E-state index contributed by atoms with van der Waals surface area (Å²) in [5.41, 5.74) is 2.15. The van der Waals surface area contributed by atoms with Crippen molar-refractivity contribution in [2.75, 3.05) is 33.2 Å². The lowest BCUT2D eigenvalue weighted by atomic mass is 10.3. The van der Waals surface area contributed by atoms with E-state index in [1.165, 1.54) is 0 Å². The summed E-state index contributed by atoms with van der Waals surface area (Å²) in [7, 11) is 2.18. The Hall–Kier alpha value is -0.910. The van der Waals surface area contributed by atoms with Crippen molar-refractivity contribution in [2.24, 2.45) is 0 Å². The van der Waals surface area contributed by atoms with E-state index in [0.29, 0.717) is 0 Å². The number of imidazole rings is 1. The number of pyridine rings is 1. The highest BCUT2D eigenvalue weighted by Crippen LogP contribution is 2.15. The zero-order valence-electron chi connectivity index (χ0n) is 10.5. The van der Waals surface area contributed by atoms with Gasteiger partial charge in [0.25, 0.3) is 0 Å². The fraction of sp³-hybridized carbons (Fsp3) is 0.462. The van der Waals surface area contributed by atoms with Gasteiger partial charge in [-0.3, -0.25) is 9.30 Å². The molecular formula is C13H17BrN4. The second-order valence-electron chi connectivity index (χ2n) is 4.89. The number of likely N-dealkylation sites (N-methyl/N-ethyl adjacent to an activating group) is 1. The van der Waals surface area contributed by atoms with Crippen LogP contribution in [0.1, 0.15) is 5.69 Å². The number of nitrogens with zero attached hydrogens (tertiary/aromatic N) is 4. The molecule has 3 rings (SSSR count). The Morgan fingerprint density at radius 3 is 2.72 bits per heavy atom. The summed E-state index contributed by atoms with van der Waals surface area (Å²) in [5.74, 6) is 0. The summed E-state index contributed by atoms with van der Waals surface area (Å²) in [5, 5.41) is 0. The molecule has 96 valence electrons. The number of hydrogen-bond acceptors (Lipinski definition) is 3. The Morgan fingerprint density at radius 2 is 2.00 bits per heavy atom. The molecule has 2 aromatic rings. The first-order chi connectivity index (χ1) is 8.72. The molecule has 3 heterocycles. The molecule has 0 aliphatic carbocycles. The van der Waals surface area contributed by atoms with Crippen LogP contribution in [0.5, 0.6) is 0 Å². The molecule has 1 saturated heterocycles. The molecule has 18 heavy (non-hydrogen) atoms. The van der Waals surface area contributed by atoms with Gasteiger partial charge in [0.2, 0.25) is 0 Å². The molecule has 0 atom stereocenters. The molecule has 2 aromatic heterocycles. The predicted octanol–water partition coefficient (Wildman–Crippen LogP) is 1.84. The van der Waals surface area contributed by atoms with Crippen LogP contribution < -0.4 is 0 Å². The van der Waals surface area contributed by atoms with Crippen LogP contribution in [0, 0.1) is 0 Å². The molecule has 0 N–H and O–H groups in total. The lowest BCUT2D eigenvalue weighted by molar-refractivity contribution is 0.147. The number of halogens is 1. The second-order valence-corrected chi connectivity index (χ2v) is 5.70. The standard InChI is InChI=1S/C13H17BrN4/c1-16-5-7-17(8-6-16)9-11-10-18-12(14)3-2-4-13(18)15-11/h2-4,10H,5-9H2,1H3. The third kappa shape index (κ3) is 2.43.